The van der Waals surface area contributed by atoms with E-state index in [4.69, 9.17) is 0 Å². The number of hydrogen-bond donors (Lipinski definition) is 2. The van der Waals surface area contributed by atoms with Crippen molar-refractivity contribution in [2.24, 2.45) is 0 Å². The Morgan fingerprint density at radius 1 is 1.03 bits per heavy atom. The molecule has 31 heavy (non-hydrogen) atoms. The first-order valence-corrected chi connectivity index (χ1v) is 11.6. The van der Waals surface area contributed by atoms with Gasteiger partial charge in [-0.1, -0.05) is 42.5 Å². The summed E-state index contributed by atoms with van der Waals surface area (Å²) in [5, 5.41) is 6.33. The molecule has 2 aliphatic rings. The van der Waals surface area contributed by atoms with Gasteiger partial charge >= 0.3 is 0 Å². The number of piperazine rings is 1. The summed E-state index contributed by atoms with van der Waals surface area (Å²) in [5.41, 5.74) is 1.56. The third-order valence-corrected chi connectivity index (χ3v) is 6.70. The van der Waals surface area contributed by atoms with Crippen molar-refractivity contribution >= 4 is 29.3 Å². The van der Waals surface area contributed by atoms with Crippen molar-refractivity contribution in [2.45, 2.75) is 30.1 Å². The largest absolute Gasteiger partial charge is 0.366 e. The van der Waals surface area contributed by atoms with Gasteiger partial charge in [-0.25, -0.2) is 4.39 Å². The van der Waals surface area contributed by atoms with Crippen LogP contribution in [0, 0.1) is 5.82 Å². The third-order valence-electron chi connectivity index (χ3n) is 5.62. The van der Waals surface area contributed by atoms with Crippen molar-refractivity contribution in [1.82, 2.24) is 15.5 Å². The Hall–Kier alpha value is -2.58. The topological polar surface area (TPSA) is 64.7 Å². The first-order valence-electron chi connectivity index (χ1n) is 10.6. The van der Waals surface area contributed by atoms with E-state index >= 15 is 0 Å². The van der Waals surface area contributed by atoms with Gasteiger partial charge in [-0.05, 0) is 17.7 Å². The third kappa shape index (κ3) is 5.77. The monoisotopic (exact) mass is 442 g/mol. The van der Waals surface area contributed by atoms with E-state index in [1.807, 2.05) is 34.1 Å². The molecule has 2 fully saturated rings. The molecule has 164 valence electrons. The van der Waals surface area contributed by atoms with E-state index in [1.165, 1.54) is 11.6 Å². The Kier molecular flexibility index (Phi) is 7.09. The standard InChI is InChI=1S/C23H27FN4O2S/c24-19-8-4-5-9-20(19)27-10-12-28(13-11-27)22(30)15-18-14-21(29)26-23(25-18)31-16-17-6-2-1-3-7-17/h1-9,18,23,25H,10-16H2,(H,26,29). The second-order valence-electron chi connectivity index (χ2n) is 7.84. The summed E-state index contributed by atoms with van der Waals surface area (Å²) in [4.78, 5) is 28.8. The quantitative estimate of drug-likeness (QED) is 0.720. The lowest BCUT2D eigenvalue weighted by Gasteiger charge is -2.37. The molecule has 6 nitrogen and oxygen atoms in total. The van der Waals surface area contributed by atoms with Gasteiger partial charge in [-0.2, -0.15) is 0 Å². The molecule has 2 atom stereocenters. The van der Waals surface area contributed by atoms with Gasteiger partial charge in [-0.15, -0.1) is 11.8 Å². The number of carbonyl (C=O) groups is 2. The summed E-state index contributed by atoms with van der Waals surface area (Å²) in [6.07, 6.45) is 0.582. The van der Waals surface area contributed by atoms with Gasteiger partial charge in [0.25, 0.3) is 0 Å². The number of carbonyl (C=O) groups excluding carboxylic acids is 2. The summed E-state index contributed by atoms with van der Waals surface area (Å²) >= 11 is 1.61. The lowest BCUT2D eigenvalue weighted by Crippen LogP contribution is -2.56. The second-order valence-corrected chi connectivity index (χ2v) is 8.93. The maximum atomic E-state index is 14.0. The molecule has 2 heterocycles. The highest BCUT2D eigenvalue weighted by molar-refractivity contribution is 7.99. The average Bonchev–Trinajstić information content (AvgIpc) is 2.78. The number of thioether (sulfide) groups is 1. The van der Waals surface area contributed by atoms with Gasteiger partial charge in [0.15, 0.2) is 0 Å². The maximum absolute atomic E-state index is 14.0. The molecular formula is C23H27FN4O2S. The van der Waals surface area contributed by atoms with Crippen LogP contribution >= 0.6 is 11.8 Å². The molecule has 0 bridgehead atoms. The molecule has 8 heteroatoms. The number of hydrogen-bond acceptors (Lipinski definition) is 5. The number of anilines is 1. The SMILES string of the molecule is O=C1CC(CC(=O)N2CCN(c3ccccc3F)CC2)NC(SCc2ccccc2)N1. The maximum Gasteiger partial charge on any atom is 0.224 e. The van der Waals surface area contributed by atoms with Crippen LogP contribution in [-0.4, -0.2) is 54.4 Å². The normalized spacial score (nSPS) is 21.6. The zero-order valence-electron chi connectivity index (χ0n) is 17.3. The molecule has 0 saturated carbocycles. The molecule has 0 aliphatic carbocycles. The fourth-order valence-corrected chi connectivity index (χ4v) is 5.02. The van der Waals surface area contributed by atoms with Crippen molar-refractivity contribution in [3.05, 3.63) is 66.0 Å². The highest BCUT2D eigenvalue weighted by Crippen LogP contribution is 2.22. The van der Waals surface area contributed by atoms with Crippen LogP contribution in [0.15, 0.2) is 54.6 Å². The minimum Gasteiger partial charge on any atom is -0.366 e. The van der Waals surface area contributed by atoms with Crippen LogP contribution in [0.1, 0.15) is 18.4 Å². The predicted molar refractivity (Wildman–Crippen MR) is 121 cm³/mol. The van der Waals surface area contributed by atoms with Crippen molar-refractivity contribution < 1.29 is 14.0 Å². The van der Waals surface area contributed by atoms with E-state index in [1.54, 1.807) is 23.9 Å². The summed E-state index contributed by atoms with van der Waals surface area (Å²) in [6, 6.07) is 16.6. The van der Waals surface area contributed by atoms with Gasteiger partial charge in [-0.3, -0.25) is 14.9 Å². The summed E-state index contributed by atoms with van der Waals surface area (Å²) in [6.45, 7) is 2.30. The van der Waals surface area contributed by atoms with Crippen molar-refractivity contribution in [2.75, 3.05) is 31.1 Å². The van der Waals surface area contributed by atoms with Gasteiger partial charge in [0, 0.05) is 50.8 Å². The van der Waals surface area contributed by atoms with E-state index in [-0.39, 0.29) is 35.6 Å². The summed E-state index contributed by atoms with van der Waals surface area (Å²) in [5.74, 6) is 0.537. The predicted octanol–water partition coefficient (Wildman–Crippen LogP) is 2.56. The van der Waals surface area contributed by atoms with Gasteiger partial charge in [0.2, 0.25) is 11.8 Å². The average molecular weight is 443 g/mol. The van der Waals surface area contributed by atoms with Crippen LogP contribution in [0.5, 0.6) is 0 Å². The van der Waals surface area contributed by atoms with Gasteiger partial charge in [0.1, 0.15) is 11.3 Å². The number of benzene rings is 2. The minimum atomic E-state index is -0.237. The Balaban J connectivity index is 1.26. The number of nitrogens with zero attached hydrogens (tertiary/aromatic N) is 2. The minimum absolute atomic E-state index is 0.0344. The van der Waals surface area contributed by atoms with E-state index < -0.39 is 0 Å². The zero-order chi connectivity index (χ0) is 21.6. The molecule has 0 aromatic heterocycles. The molecule has 4 rings (SSSR count). The van der Waals surface area contributed by atoms with Crippen molar-refractivity contribution in [1.29, 1.82) is 0 Å². The van der Waals surface area contributed by atoms with Crippen LogP contribution in [-0.2, 0) is 15.3 Å². The first-order chi connectivity index (χ1) is 15.1. The van der Waals surface area contributed by atoms with Crippen LogP contribution < -0.4 is 15.5 Å². The fraction of sp³-hybridized carbons (Fsp3) is 0.391. The molecule has 2 N–H and O–H groups in total. The lowest BCUT2D eigenvalue weighted by molar-refractivity contribution is -0.132. The first kappa shape index (κ1) is 21.6. The molecular weight excluding hydrogens is 415 g/mol. The van der Waals surface area contributed by atoms with E-state index in [2.05, 4.69) is 22.8 Å². The van der Waals surface area contributed by atoms with Gasteiger partial charge < -0.3 is 15.1 Å². The van der Waals surface area contributed by atoms with E-state index in [0.29, 0.717) is 38.3 Å². The Labute approximate surface area is 186 Å². The Bertz CT molecular complexity index is 905. The fourth-order valence-electron chi connectivity index (χ4n) is 3.96. The van der Waals surface area contributed by atoms with Crippen LogP contribution in [0.2, 0.25) is 0 Å². The molecule has 2 aromatic carbocycles. The Morgan fingerprint density at radius 2 is 1.74 bits per heavy atom. The number of halogens is 1. The smallest absolute Gasteiger partial charge is 0.224 e. The molecule has 2 saturated heterocycles. The van der Waals surface area contributed by atoms with Crippen LogP contribution in [0.3, 0.4) is 0 Å². The van der Waals surface area contributed by atoms with E-state index in [0.717, 1.165) is 5.75 Å². The van der Waals surface area contributed by atoms with E-state index in [9.17, 15) is 14.0 Å². The zero-order valence-corrected chi connectivity index (χ0v) is 18.1. The molecule has 0 spiro atoms. The highest BCUT2D eigenvalue weighted by atomic mass is 32.2. The molecule has 0 radical (unpaired) electrons. The molecule has 2 aromatic rings. The molecule has 2 aliphatic heterocycles. The van der Waals surface area contributed by atoms with Gasteiger partial charge in [0.05, 0.1) is 5.69 Å². The highest BCUT2D eigenvalue weighted by Gasteiger charge is 2.30. The summed E-state index contributed by atoms with van der Waals surface area (Å²) in [7, 11) is 0. The number of nitrogens with one attached hydrogen (secondary N) is 2. The number of amides is 2. The lowest BCUT2D eigenvalue weighted by atomic mass is 10.1. The Morgan fingerprint density at radius 3 is 2.48 bits per heavy atom. The van der Waals surface area contributed by atoms with Crippen LogP contribution in [0.25, 0.3) is 0 Å². The summed E-state index contributed by atoms with van der Waals surface area (Å²) < 4.78 is 14.0. The van der Waals surface area contributed by atoms with Crippen molar-refractivity contribution in [3.63, 3.8) is 0 Å². The molecule has 2 unspecified atom stereocenters. The van der Waals surface area contributed by atoms with Crippen LogP contribution in [0.4, 0.5) is 10.1 Å². The van der Waals surface area contributed by atoms with Crippen molar-refractivity contribution in [3.8, 4) is 0 Å². The molecule has 2 amide bonds. The number of rotatable bonds is 6. The number of para-hydroxylation sites is 1. The second kappa shape index (κ2) is 10.2.